The fourth-order valence-electron chi connectivity index (χ4n) is 3.17. The Hall–Kier alpha value is -3.91. The molecule has 0 atom stereocenters. The van der Waals surface area contributed by atoms with E-state index >= 15 is 0 Å². The summed E-state index contributed by atoms with van der Waals surface area (Å²) >= 11 is 0. The Morgan fingerprint density at radius 2 is 1.85 bits per heavy atom. The van der Waals surface area contributed by atoms with Gasteiger partial charge in [-0.2, -0.15) is 5.26 Å². The third-order valence-electron chi connectivity index (χ3n) is 4.35. The number of primary amides is 1. The predicted molar refractivity (Wildman–Crippen MR) is 99.3 cm³/mol. The molecule has 0 aliphatic heterocycles. The Morgan fingerprint density at radius 3 is 2.65 bits per heavy atom. The second-order valence-electron chi connectivity index (χ2n) is 5.86. The van der Waals surface area contributed by atoms with Crippen molar-refractivity contribution in [1.82, 2.24) is 9.38 Å². The van der Waals surface area contributed by atoms with Crippen LogP contribution in [0.15, 0.2) is 73.2 Å². The lowest BCUT2D eigenvalue weighted by atomic mass is 9.88. The molecule has 2 heterocycles. The van der Waals surface area contributed by atoms with Crippen LogP contribution in [0.5, 0.6) is 0 Å². The van der Waals surface area contributed by atoms with Gasteiger partial charge in [-0.25, -0.2) is 4.98 Å². The Balaban J connectivity index is 2.05. The maximum Gasteiger partial charge on any atom is 0.249 e. The predicted octanol–water partition coefficient (Wildman–Crippen LogP) is 3.64. The van der Waals surface area contributed by atoms with Crippen LogP contribution in [0.2, 0.25) is 0 Å². The topological polar surface area (TPSA) is 84.2 Å². The van der Waals surface area contributed by atoms with Crippen LogP contribution in [0.1, 0.15) is 15.9 Å². The van der Waals surface area contributed by atoms with E-state index in [1.165, 1.54) is 0 Å². The second-order valence-corrected chi connectivity index (χ2v) is 5.86. The normalized spacial score (nSPS) is 10.6. The summed E-state index contributed by atoms with van der Waals surface area (Å²) in [6, 6.07) is 18.7. The Kier molecular flexibility index (Phi) is 3.71. The van der Waals surface area contributed by atoms with Crippen molar-refractivity contribution in [2.45, 2.75) is 0 Å². The van der Waals surface area contributed by atoms with Gasteiger partial charge >= 0.3 is 0 Å². The molecule has 2 aromatic heterocycles. The van der Waals surface area contributed by atoms with Gasteiger partial charge in [0, 0.05) is 35.3 Å². The van der Waals surface area contributed by atoms with Gasteiger partial charge in [0.15, 0.2) is 0 Å². The zero-order valence-corrected chi connectivity index (χ0v) is 13.8. The van der Waals surface area contributed by atoms with Gasteiger partial charge in [-0.3, -0.25) is 4.79 Å². The first-order valence-corrected chi connectivity index (χ1v) is 8.04. The van der Waals surface area contributed by atoms with Crippen molar-refractivity contribution in [3.63, 3.8) is 0 Å². The summed E-state index contributed by atoms with van der Waals surface area (Å²) in [7, 11) is 0. The Morgan fingerprint density at radius 1 is 1.04 bits per heavy atom. The van der Waals surface area contributed by atoms with Crippen LogP contribution in [0, 0.1) is 11.3 Å². The first-order valence-electron chi connectivity index (χ1n) is 8.04. The molecule has 0 saturated carbocycles. The number of pyridine rings is 1. The first kappa shape index (κ1) is 15.6. The van der Waals surface area contributed by atoms with Crippen molar-refractivity contribution in [2.75, 3.05) is 0 Å². The van der Waals surface area contributed by atoms with Gasteiger partial charge < -0.3 is 10.1 Å². The standard InChI is InChI=1S/C21H14N4O/c22-12-14-4-1-2-5-16(14)20-17(6-3-7-18(20)21(23)26)15-8-9-19-24-10-11-25(19)13-15/h1-11,13H,(H2,23,26). The lowest BCUT2D eigenvalue weighted by Crippen LogP contribution is -2.13. The van der Waals surface area contributed by atoms with E-state index in [-0.39, 0.29) is 0 Å². The fraction of sp³-hybridized carbons (Fsp3) is 0. The van der Waals surface area contributed by atoms with Gasteiger partial charge in [0.25, 0.3) is 0 Å². The number of nitrogens with zero attached hydrogens (tertiary/aromatic N) is 3. The van der Waals surface area contributed by atoms with Crippen LogP contribution < -0.4 is 5.73 Å². The van der Waals surface area contributed by atoms with Crippen molar-refractivity contribution in [2.24, 2.45) is 5.73 Å². The molecule has 5 nitrogen and oxygen atoms in total. The number of amides is 1. The highest BCUT2D eigenvalue weighted by atomic mass is 16.1. The molecular formula is C21H14N4O. The third kappa shape index (κ3) is 2.50. The molecule has 0 bridgehead atoms. The number of carbonyl (C=O) groups excluding carboxylic acids is 1. The highest BCUT2D eigenvalue weighted by Gasteiger charge is 2.18. The molecule has 124 valence electrons. The van der Waals surface area contributed by atoms with Crippen LogP contribution >= 0.6 is 0 Å². The van der Waals surface area contributed by atoms with Crippen molar-refractivity contribution >= 4 is 11.6 Å². The number of imidazole rings is 1. The number of carbonyl (C=O) groups is 1. The number of nitriles is 1. The summed E-state index contributed by atoms with van der Waals surface area (Å²) in [6.45, 7) is 0. The maximum atomic E-state index is 12.1. The number of hydrogen-bond acceptors (Lipinski definition) is 3. The van der Waals surface area contributed by atoms with Gasteiger partial charge in [-0.05, 0) is 35.4 Å². The molecule has 0 aliphatic rings. The summed E-state index contributed by atoms with van der Waals surface area (Å²) in [5.74, 6) is -0.529. The SMILES string of the molecule is N#Cc1ccccc1-c1c(C(N)=O)cccc1-c1ccc2nccn2c1. The van der Waals surface area contributed by atoms with E-state index in [4.69, 9.17) is 5.73 Å². The van der Waals surface area contributed by atoms with Gasteiger partial charge in [-0.1, -0.05) is 30.3 Å². The molecule has 0 aliphatic carbocycles. The van der Waals surface area contributed by atoms with E-state index in [1.54, 1.807) is 30.5 Å². The highest BCUT2D eigenvalue weighted by Crippen LogP contribution is 2.36. The van der Waals surface area contributed by atoms with Crippen molar-refractivity contribution in [1.29, 1.82) is 5.26 Å². The quantitative estimate of drug-likeness (QED) is 0.619. The summed E-state index contributed by atoms with van der Waals surface area (Å²) in [5.41, 5.74) is 10.4. The number of fused-ring (bicyclic) bond motifs is 1. The average molecular weight is 338 g/mol. The summed E-state index contributed by atoms with van der Waals surface area (Å²) in [6.07, 6.45) is 5.53. The zero-order valence-electron chi connectivity index (χ0n) is 13.8. The number of rotatable bonds is 3. The van der Waals surface area contributed by atoms with Gasteiger partial charge in [0.2, 0.25) is 5.91 Å². The van der Waals surface area contributed by atoms with Crippen LogP contribution in [-0.2, 0) is 0 Å². The summed E-state index contributed by atoms with van der Waals surface area (Å²) < 4.78 is 1.91. The second kappa shape index (κ2) is 6.19. The van der Waals surface area contributed by atoms with E-state index < -0.39 is 5.91 Å². The minimum absolute atomic E-state index is 0.385. The first-order chi connectivity index (χ1) is 12.7. The molecule has 5 heteroatoms. The molecule has 0 unspecified atom stereocenters. The van der Waals surface area contributed by atoms with Crippen molar-refractivity contribution < 1.29 is 4.79 Å². The van der Waals surface area contributed by atoms with Gasteiger partial charge in [0.1, 0.15) is 5.65 Å². The molecule has 0 saturated heterocycles. The Labute approximate surface area is 150 Å². The van der Waals surface area contributed by atoms with E-state index in [0.717, 1.165) is 16.8 Å². The van der Waals surface area contributed by atoms with Crippen molar-refractivity contribution in [3.8, 4) is 28.3 Å². The maximum absolute atomic E-state index is 12.1. The van der Waals surface area contributed by atoms with Crippen LogP contribution in [0.4, 0.5) is 0 Å². The lowest BCUT2D eigenvalue weighted by Gasteiger charge is -2.15. The molecule has 2 N–H and O–H groups in total. The minimum Gasteiger partial charge on any atom is -0.366 e. The summed E-state index contributed by atoms with van der Waals surface area (Å²) in [5, 5.41) is 9.51. The largest absolute Gasteiger partial charge is 0.366 e. The van der Waals surface area contributed by atoms with Gasteiger partial charge in [0.05, 0.1) is 11.6 Å². The monoisotopic (exact) mass is 338 g/mol. The number of aromatic nitrogens is 2. The van der Waals surface area contributed by atoms with E-state index in [1.807, 2.05) is 47.1 Å². The number of nitrogens with two attached hydrogens (primary N) is 1. The lowest BCUT2D eigenvalue weighted by molar-refractivity contribution is 0.100. The molecular weight excluding hydrogens is 324 g/mol. The van der Waals surface area contributed by atoms with Gasteiger partial charge in [-0.15, -0.1) is 0 Å². The molecule has 2 aromatic carbocycles. The molecule has 0 fully saturated rings. The van der Waals surface area contributed by atoms with Crippen LogP contribution in [0.3, 0.4) is 0 Å². The minimum atomic E-state index is -0.529. The Bertz CT molecular complexity index is 1180. The van der Waals surface area contributed by atoms with Crippen LogP contribution in [-0.4, -0.2) is 15.3 Å². The number of benzene rings is 2. The zero-order chi connectivity index (χ0) is 18.1. The highest BCUT2D eigenvalue weighted by molar-refractivity contribution is 6.04. The fourth-order valence-corrected chi connectivity index (χ4v) is 3.17. The molecule has 0 radical (unpaired) electrons. The summed E-state index contributed by atoms with van der Waals surface area (Å²) in [4.78, 5) is 16.3. The number of hydrogen-bond donors (Lipinski definition) is 1. The smallest absolute Gasteiger partial charge is 0.249 e. The van der Waals surface area contributed by atoms with Crippen LogP contribution in [0.25, 0.3) is 27.9 Å². The average Bonchev–Trinajstić information content (AvgIpc) is 3.15. The van der Waals surface area contributed by atoms with E-state index in [2.05, 4.69) is 11.1 Å². The molecule has 4 rings (SSSR count). The molecule has 1 amide bonds. The molecule has 26 heavy (non-hydrogen) atoms. The van der Waals surface area contributed by atoms with E-state index in [9.17, 15) is 10.1 Å². The van der Waals surface area contributed by atoms with Crippen molar-refractivity contribution in [3.05, 3.63) is 84.3 Å². The molecule has 4 aromatic rings. The third-order valence-corrected chi connectivity index (χ3v) is 4.35. The van der Waals surface area contributed by atoms with E-state index in [0.29, 0.717) is 22.3 Å². The molecule has 0 spiro atoms.